The van der Waals surface area contributed by atoms with Crippen LogP contribution in [0.3, 0.4) is 0 Å². The van der Waals surface area contributed by atoms with Gasteiger partial charge in [0.15, 0.2) is 0 Å². The molecule has 3 rings (SSSR count). The first-order chi connectivity index (χ1) is 15.1. The molecule has 0 bridgehead atoms. The molecule has 0 aliphatic heterocycles. The van der Waals surface area contributed by atoms with Crippen molar-refractivity contribution < 1.29 is 4.92 Å². The number of halogens is 1. The van der Waals surface area contributed by atoms with Crippen molar-refractivity contribution in [2.75, 3.05) is 31.5 Å². The van der Waals surface area contributed by atoms with Gasteiger partial charge in [0, 0.05) is 41.0 Å². The van der Waals surface area contributed by atoms with E-state index in [0.717, 1.165) is 74.0 Å². The van der Waals surface area contributed by atoms with Crippen molar-refractivity contribution in [1.82, 2.24) is 9.88 Å². The highest BCUT2D eigenvalue weighted by molar-refractivity contribution is 6.31. The van der Waals surface area contributed by atoms with Crippen LogP contribution >= 0.6 is 11.6 Å². The van der Waals surface area contributed by atoms with Gasteiger partial charge >= 0.3 is 0 Å². The number of anilines is 1. The van der Waals surface area contributed by atoms with E-state index in [0.29, 0.717) is 5.02 Å². The van der Waals surface area contributed by atoms with Crippen molar-refractivity contribution in [2.24, 2.45) is 0 Å². The zero-order chi connectivity index (χ0) is 22.1. The van der Waals surface area contributed by atoms with Crippen molar-refractivity contribution in [3.63, 3.8) is 0 Å². The summed E-state index contributed by atoms with van der Waals surface area (Å²) < 4.78 is 0. The third-order valence-electron chi connectivity index (χ3n) is 5.30. The molecule has 164 valence electrons. The number of aromatic nitrogens is 1. The zero-order valence-electron chi connectivity index (χ0n) is 17.9. The van der Waals surface area contributed by atoms with Crippen LogP contribution in [0.15, 0.2) is 54.7 Å². The topological polar surface area (TPSA) is 71.3 Å². The van der Waals surface area contributed by atoms with Crippen LogP contribution in [-0.2, 0) is 6.42 Å². The highest BCUT2D eigenvalue weighted by Gasteiger charge is 2.07. The van der Waals surface area contributed by atoms with Gasteiger partial charge in [0.2, 0.25) is 0 Å². The first-order valence-electron chi connectivity index (χ1n) is 10.8. The predicted octanol–water partition coefficient (Wildman–Crippen LogP) is 5.94. The SMILES string of the molecule is CCCN(CCCNc1ccnc2cc(Cl)ccc12)CCCc1ccc([N+](=O)[O-])cc1. The van der Waals surface area contributed by atoms with Crippen molar-refractivity contribution in [1.29, 1.82) is 0 Å². The largest absolute Gasteiger partial charge is 0.384 e. The highest BCUT2D eigenvalue weighted by atomic mass is 35.5. The number of nitro groups is 1. The second-order valence-electron chi connectivity index (χ2n) is 7.67. The van der Waals surface area contributed by atoms with E-state index in [1.54, 1.807) is 12.1 Å². The minimum atomic E-state index is -0.356. The summed E-state index contributed by atoms with van der Waals surface area (Å²) in [6.07, 6.45) is 5.96. The molecule has 0 amide bonds. The van der Waals surface area contributed by atoms with Crippen LogP contribution in [0.1, 0.15) is 31.7 Å². The number of aryl methyl sites for hydroxylation is 1. The van der Waals surface area contributed by atoms with Crippen molar-refractivity contribution in [3.8, 4) is 0 Å². The van der Waals surface area contributed by atoms with Gasteiger partial charge in [-0.2, -0.15) is 0 Å². The van der Waals surface area contributed by atoms with E-state index in [9.17, 15) is 10.1 Å². The number of pyridine rings is 1. The van der Waals surface area contributed by atoms with Crippen molar-refractivity contribution >= 4 is 33.9 Å². The Morgan fingerprint density at radius 2 is 1.84 bits per heavy atom. The lowest BCUT2D eigenvalue weighted by Crippen LogP contribution is -2.28. The Morgan fingerprint density at radius 3 is 2.58 bits per heavy atom. The summed E-state index contributed by atoms with van der Waals surface area (Å²) in [5.41, 5.74) is 3.28. The van der Waals surface area contributed by atoms with Crippen LogP contribution in [0.2, 0.25) is 5.02 Å². The number of nitrogens with one attached hydrogen (secondary N) is 1. The quantitative estimate of drug-likeness (QED) is 0.214. The van der Waals surface area contributed by atoms with E-state index in [4.69, 9.17) is 11.6 Å². The van der Waals surface area contributed by atoms with Gasteiger partial charge in [-0.3, -0.25) is 15.1 Å². The van der Waals surface area contributed by atoms with E-state index in [1.807, 2.05) is 42.6 Å². The molecule has 2 aromatic carbocycles. The Balaban J connectivity index is 1.43. The first-order valence-corrected chi connectivity index (χ1v) is 11.2. The lowest BCUT2D eigenvalue weighted by atomic mass is 10.1. The molecule has 0 spiro atoms. The molecule has 3 aromatic rings. The average molecular weight is 441 g/mol. The lowest BCUT2D eigenvalue weighted by Gasteiger charge is -2.22. The number of nitrogens with zero attached hydrogens (tertiary/aromatic N) is 3. The molecule has 0 aliphatic carbocycles. The summed E-state index contributed by atoms with van der Waals surface area (Å²) in [4.78, 5) is 17.3. The molecule has 0 radical (unpaired) electrons. The lowest BCUT2D eigenvalue weighted by molar-refractivity contribution is -0.384. The van der Waals surface area contributed by atoms with E-state index in [1.165, 1.54) is 0 Å². The molecule has 0 atom stereocenters. The maximum absolute atomic E-state index is 10.8. The minimum absolute atomic E-state index is 0.147. The summed E-state index contributed by atoms with van der Waals surface area (Å²) in [7, 11) is 0. The normalized spacial score (nSPS) is 11.2. The molecule has 0 fully saturated rings. The zero-order valence-corrected chi connectivity index (χ0v) is 18.6. The van der Waals surface area contributed by atoms with Crippen LogP contribution in [0.5, 0.6) is 0 Å². The molecule has 1 N–H and O–H groups in total. The number of hydrogen-bond acceptors (Lipinski definition) is 5. The summed E-state index contributed by atoms with van der Waals surface area (Å²) in [6, 6.07) is 14.7. The standard InChI is InChI=1S/C24H29ClN4O2/c1-2-15-28(16-3-5-19-6-9-21(10-7-19)29(30)31)17-4-13-26-23-12-14-27-24-18-20(25)8-11-22(23)24/h6-12,14,18H,2-5,13,15-17H2,1H3,(H,26,27). The first kappa shape index (κ1) is 23.0. The molecule has 1 heterocycles. The average Bonchev–Trinajstić information content (AvgIpc) is 2.76. The van der Waals surface area contributed by atoms with Crippen LogP contribution in [-0.4, -0.2) is 41.0 Å². The van der Waals surface area contributed by atoms with E-state index in [2.05, 4.69) is 22.1 Å². The summed E-state index contributed by atoms with van der Waals surface area (Å²) in [5, 5.41) is 16.1. The highest BCUT2D eigenvalue weighted by Crippen LogP contribution is 2.24. The van der Waals surface area contributed by atoms with Gasteiger partial charge in [0.05, 0.1) is 10.4 Å². The van der Waals surface area contributed by atoms with Crippen molar-refractivity contribution in [2.45, 2.75) is 32.6 Å². The number of nitro benzene ring substituents is 1. The number of non-ortho nitro benzene ring substituents is 1. The molecular weight excluding hydrogens is 412 g/mol. The minimum Gasteiger partial charge on any atom is -0.384 e. The third-order valence-corrected chi connectivity index (χ3v) is 5.53. The smallest absolute Gasteiger partial charge is 0.269 e. The number of fused-ring (bicyclic) bond motifs is 1. The Bertz CT molecular complexity index is 995. The van der Waals surface area contributed by atoms with E-state index < -0.39 is 0 Å². The second-order valence-corrected chi connectivity index (χ2v) is 8.11. The van der Waals surface area contributed by atoms with Gasteiger partial charge in [-0.1, -0.05) is 30.7 Å². The summed E-state index contributed by atoms with van der Waals surface area (Å²) in [5.74, 6) is 0. The molecule has 7 heteroatoms. The van der Waals surface area contributed by atoms with E-state index in [-0.39, 0.29) is 10.6 Å². The number of hydrogen-bond donors (Lipinski definition) is 1. The van der Waals surface area contributed by atoms with Gasteiger partial charge in [-0.25, -0.2) is 0 Å². The van der Waals surface area contributed by atoms with Gasteiger partial charge in [-0.05, 0) is 75.1 Å². The molecule has 0 saturated carbocycles. The van der Waals surface area contributed by atoms with Crippen LogP contribution in [0, 0.1) is 10.1 Å². The molecule has 0 aliphatic rings. The Kier molecular flexibility index (Phi) is 8.62. The van der Waals surface area contributed by atoms with Gasteiger partial charge in [0.1, 0.15) is 0 Å². The fourth-order valence-electron chi connectivity index (χ4n) is 3.74. The molecule has 0 saturated heterocycles. The second kappa shape index (κ2) is 11.6. The fraction of sp³-hybridized carbons (Fsp3) is 0.375. The van der Waals surface area contributed by atoms with Crippen molar-refractivity contribution in [3.05, 3.63) is 75.4 Å². The Labute approximate surface area is 188 Å². The molecule has 0 unspecified atom stereocenters. The van der Waals surface area contributed by atoms with Crippen LogP contribution in [0.4, 0.5) is 11.4 Å². The van der Waals surface area contributed by atoms with Crippen LogP contribution < -0.4 is 5.32 Å². The Hall–Kier alpha value is -2.70. The number of rotatable bonds is 12. The van der Waals surface area contributed by atoms with Gasteiger partial charge in [0.25, 0.3) is 5.69 Å². The maximum atomic E-state index is 10.8. The third kappa shape index (κ3) is 6.91. The van der Waals surface area contributed by atoms with Gasteiger partial charge in [-0.15, -0.1) is 0 Å². The molecule has 6 nitrogen and oxygen atoms in total. The molecule has 31 heavy (non-hydrogen) atoms. The van der Waals surface area contributed by atoms with Crippen LogP contribution in [0.25, 0.3) is 10.9 Å². The molecule has 1 aromatic heterocycles. The van der Waals surface area contributed by atoms with Gasteiger partial charge < -0.3 is 10.2 Å². The van der Waals surface area contributed by atoms with E-state index >= 15 is 0 Å². The predicted molar refractivity (Wildman–Crippen MR) is 128 cm³/mol. The molecular formula is C24H29ClN4O2. The maximum Gasteiger partial charge on any atom is 0.269 e. The summed E-state index contributed by atoms with van der Waals surface area (Å²) in [6.45, 7) is 6.24. The fourth-order valence-corrected chi connectivity index (χ4v) is 3.91. The number of benzene rings is 2. The summed E-state index contributed by atoms with van der Waals surface area (Å²) >= 11 is 6.07. The Morgan fingerprint density at radius 1 is 1.06 bits per heavy atom. The monoisotopic (exact) mass is 440 g/mol.